The lowest BCUT2D eigenvalue weighted by Crippen LogP contribution is -2.49. The van der Waals surface area contributed by atoms with E-state index in [1.165, 1.54) is 51.6 Å². The minimum atomic E-state index is 0.477. The van der Waals surface area contributed by atoms with E-state index >= 15 is 0 Å². The van der Waals surface area contributed by atoms with E-state index in [4.69, 9.17) is 0 Å². The van der Waals surface area contributed by atoms with Crippen LogP contribution in [-0.2, 0) is 0 Å². The highest BCUT2D eigenvalue weighted by Gasteiger charge is 2.36. The molecule has 1 heterocycles. The molecule has 1 aliphatic heterocycles. The first-order valence-electron chi connectivity index (χ1n) is 8.83. The van der Waals surface area contributed by atoms with Gasteiger partial charge < -0.3 is 10.2 Å². The maximum absolute atomic E-state index is 3.60. The van der Waals surface area contributed by atoms with Gasteiger partial charge in [-0.3, -0.25) is 0 Å². The fraction of sp³-hybridized carbons (Fsp3) is 1.00. The molecule has 1 saturated carbocycles. The Bertz CT molecular complexity index is 294. The van der Waals surface area contributed by atoms with Crippen molar-refractivity contribution in [2.45, 2.75) is 78.3 Å². The number of nitrogens with one attached hydrogen (secondary N) is 1. The molecule has 4 unspecified atom stereocenters. The molecule has 2 nitrogen and oxygen atoms in total. The molecule has 1 N–H and O–H groups in total. The van der Waals surface area contributed by atoms with E-state index in [1.807, 2.05) is 0 Å². The van der Waals surface area contributed by atoms with Gasteiger partial charge in [0.15, 0.2) is 0 Å². The molecule has 2 fully saturated rings. The quantitative estimate of drug-likeness (QED) is 0.843. The molecule has 0 bridgehead atoms. The average Bonchev–Trinajstić information content (AvgIpc) is 2.40. The SMILES string of the molecule is CNC1CCC(C(C)(C)C)CC1CN1CCCCC1C. The molecule has 1 saturated heterocycles. The van der Waals surface area contributed by atoms with Crippen LogP contribution >= 0.6 is 0 Å². The molecule has 1 aliphatic carbocycles. The number of rotatable bonds is 3. The Morgan fingerprint density at radius 3 is 2.45 bits per heavy atom. The van der Waals surface area contributed by atoms with Crippen molar-refractivity contribution in [3.8, 4) is 0 Å². The van der Waals surface area contributed by atoms with Gasteiger partial charge in [-0.1, -0.05) is 27.2 Å². The predicted molar refractivity (Wildman–Crippen MR) is 88.0 cm³/mol. The molecule has 0 amide bonds. The zero-order valence-electron chi connectivity index (χ0n) is 14.4. The number of hydrogen-bond donors (Lipinski definition) is 1. The Balaban J connectivity index is 1.98. The summed E-state index contributed by atoms with van der Waals surface area (Å²) in [5.74, 6) is 1.75. The molecule has 0 spiro atoms. The summed E-state index contributed by atoms with van der Waals surface area (Å²) in [7, 11) is 2.16. The Hall–Kier alpha value is -0.0800. The standard InChI is InChI=1S/C18H36N2/c1-14-8-6-7-11-20(14)13-15-12-16(18(2,3)4)9-10-17(15)19-5/h14-17,19H,6-13H2,1-5H3. The van der Waals surface area contributed by atoms with E-state index in [0.717, 1.165) is 23.9 Å². The maximum atomic E-state index is 3.60. The smallest absolute Gasteiger partial charge is 0.0105 e. The van der Waals surface area contributed by atoms with Crippen molar-refractivity contribution in [2.24, 2.45) is 17.3 Å². The Morgan fingerprint density at radius 2 is 1.85 bits per heavy atom. The second kappa shape index (κ2) is 6.79. The fourth-order valence-electron chi connectivity index (χ4n) is 4.36. The van der Waals surface area contributed by atoms with Crippen molar-refractivity contribution in [1.82, 2.24) is 10.2 Å². The summed E-state index contributed by atoms with van der Waals surface area (Å²) in [5.41, 5.74) is 0.477. The normalized spacial score (nSPS) is 37.0. The fourth-order valence-corrected chi connectivity index (χ4v) is 4.36. The number of nitrogens with zero attached hydrogens (tertiary/aromatic N) is 1. The number of hydrogen-bond acceptors (Lipinski definition) is 2. The highest BCUT2D eigenvalue weighted by molar-refractivity contribution is 4.90. The predicted octanol–water partition coefficient (Wildman–Crippen LogP) is 3.91. The molecule has 20 heavy (non-hydrogen) atoms. The molecular formula is C18H36N2. The molecule has 0 radical (unpaired) electrons. The van der Waals surface area contributed by atoms with E-state index < -0.39 is 0 Å². The van der Waals surface area contributed by atoms with Crippen LogP contribution < -0.4 is 5.32 Å². The molecule has 0 aromatic heterocycles. The van der Waals surface area contributed by atoms with Gasteiger partial charge in [0, 0.05) is 18.6 Å². The van der Waals surface area contributed by atoms with E-state index in [2.05, 4.69) is 45.0 Å². The molecule has 118 valence electrons. The number of piperidine rings is 1. The highest BCUT2D eigenvalue weighted by Crippen LogP contribution is 2.40. The van der Waals surface area contributed by atoms with Gasteiger partial charge in [-0.25, -0.2) is 0 Å². The summed E-state index contributed by atoms with van der Waals surface area (Å²) < 4.78 is 0. The first-order valence-corrected chi connectivity index (χ1v) is 8.83. The largest absolute Gasteiger partial charge is 0.317 e. The lowest BCUT2D eigenvalue weighted by molar-refractivity contribution is 0.0662. The third-order valence-corrected chi connectivity index (χ3v) is 5.99. The van der Waals surface area contributed by atoms with Crippen LogP contribution in [0.15, 0.2) is 0 Å². The summed E-state index contributed by atoms with van der Waals surface area (Å²) in [6, 6.07) is 1.54. The van der Waals surface area contributed by atoms with Gasteiger partial charge in [0.1, 0.15) is 0 Å². The molecule has 0 aromatic carbocycles. The molecule has 2 rings (SSSR count). The zero-order chi connectivity index (χ0) is 14.8. The molecule has 4 atom stereocenters. The average molecular weight is 280 g/mol. The van der Waals surface area contributed by atoms with Crippen molar-refractivity contribution in [3.05, 3.63) is 0 Å². The Morgan fingerprint density at radius 1 is 1.10 bits per heavy atom. The van der Waals surface area contributed by atoms with Gasteiger partial charge in [-0.15, -0.1) is 0 Å². The second-order valence-corrected chi connectivity index (χ2v) is 8.37. The molecule has 2 heteroatoms. The maximum Gasteiger partial charge on any atom is 0.0105 e. The van der Waals surface area contributed by atoms with Crippen molar-refractivity contribution in [3.63, 3.8) is 0 Å². The van der Waals surface area contributed by atoms with Crippen molar-refractivity contribution < 1.29 is 0 Å². The van der Waals surface area contributed by atoms with Crippen LogP contribution in [0.3, 0.4) is 0 Å². The monoisotopic (exact) mass is 280 g/mol. The van der Waals surface area contributed by atoms with Gasteiger partial charge in [0.2, 0.25) is 0 Å². The highest BCUT2D eigenvalue weighted by atomic mass is 15.2. The van der Waals surface area contributed by atoms with Crippen LogP contribution in [0.5, 0.6) is 0 Å². The van der Waals surface area contributed by atoms with Gasteiger partial charge >= 0.3 is 0 Å². The summed E-state index contributed by atoms with van der Waals surface area (Å²) in [5, 5.41) is 3.60. The van der Waals surface area contributed by atoms with Crippen LogP contribution in [0.25, 0.3) is 0 Å². The van der Waals surface area contributed by atoms with Crippen LogP contribution in [0.1, 0.15) is 66.2 Å². The van der Waals surface area contributed by atoms with E-state index in [0.29, 0.717) is 5.41 Å². The van der Waals surface area contributed by atoms with Crippen LogP contribution in [-0.4, -0.2) is 37.1 Å². The summed E-state index contributed by atoms with van der Waals surface area (Å²) in [6.45, 7) is 12.4. The molecule has 2 aliphatic rings. The van der Waals surface area contributed by atoms with E-state index in [9.17, 15) is 0 Å². The third kappa shape index (κ3) is 3.98. The molecular weight excluding hydrogens is 244 g/mol. The van der Waals surface area contributed by atoms with Gasteiger partial charge in [0.05, 0.1) is 0 Å². The first kappa shape index (κ1) is 16.3. The van der Waals surface area contributed by atoms with E-state index in [1.54, 1.807) is 0 Å². The summed E-state index contributed by atoms with van der Waals surface area (Å²) in [4.78, 5) is 2.77. The van der Waals surface area contributed by atoms with E-state index in [-0.39, 0.29) is 0 Å². The van der Waals surface area contributed by atoms with Crippen molar-refractivity contribution in [2.75, 3.05) is 20.1 Å². The van der Waals surface area contributed by atoms with Gasteiger partial charge in [0.25, 0.3) is 0 Å². The van der Waals surface area contributed by atoms with Gasteiger partial charge in [-0.2, -0.15) is 0 Å². The van der Waals surface area contributed by atoms with Crippen LogP contribution in [0, 0.1) is 17.3 Å². The second-order valence-electron chi connectivity index (χ2n) is 8.37. The Labute approximate surface area is 126 Å². The van der Waals surface area contributed by atoms with Crippen molar-refractivity contribution >= 4 is 0 Å². The van der Waals surface area contributed by atoms with Gasteiger partial charge in [-0.05, 0) is 69.9 Å². The Kier molecular flexibility index (Phi) is 5.53. The first-order chi connectivity index (χ1) is 9.41. The molecule has 0 aromatic rings. The topological polar surface area (TPSA) is 15.3 Å². The summed E-state index contributed by atoms with van der Waals surface area (Å²) >= 11 is 0. The third-order valence-electron chi connectivity index (χ3n) is 5.99. The summed E-state index contributed by atoms with van der Waals surface area (Å²) in [6.07, 6.45) is 8.43. The van der Waals surface area contributed by atoms with Crippen molar-refractivity contribution in [1.29, 1.82) is 0 Å². The van der Waals surface area contributed by atoms with Crippen LogP contribution in [0.2, 0.25) is 0 Å². The zero-order valence-corrected chi connectivity index (χ0v) is 14.4. The lowest BCUT2D eigenvalue weighted by Gasteiger charge is -2.45. The minimum Gasteiger partial charge on any atom is -0.317 e. The number of likely N-dealkylation sites (tertiary alicyclic amines) is 1. The lowest BCUT2D eigenvalue weighted by atomic mass is 9.67. The minimum absolute atomic E-state index is 0.477. The van der Waals surface area contributed by atoms with Crippen LogP contribution in [0.4, 0.5) is 0 Å².